The van der Waals surface area contributed by atoms with Gasteiger partial charge in [0.2, 0.25) is 0 Å². The van der Waals surface area contributed by atoms with Gasteiger partial charge in [-0.05, 0) is 19.1 Å². The first-order chi connectivity index (χ1) is 9.22. The summed E-state index contributed by atoms with van der Waals surface area (Å²) in [6.45, 7) is 2.64. The van der Waals surface area contributed by atoms with Gasteiger partial charge in [0.25, 0.3) is 0 Å². The monoisotopic (exact) mass is 253 g/mol. The zero-order valence-electron chi connectivity index (χ0n) is 11.0. The summed E-state index contributed by atoms with van der Waals surface area (Å²) >= 11 is 0. The van der Waals surface area contributed by atoms with Gasteiger partial charge < -0.3 is 5.32 Å². The average molecular weight is 253 g/mol. The Hall–Kier alpha value is -2.43. The second kappa shape index (κ2) is 4.68. The number of para-hydroxylation sites is 1. The fraction of sp³-hybridized carbons (Fsp3) is 0.214. The molecule has 0 atom stereocenters. The molecule has 1 aromatic carbocycles. The summed E-state index contributed by atoms with van der Waals surface area (Å²) in [6, 6.07) is 10.2. The number of nitrogens with one attached hydrogen (secondary N) is 1. The van der Waals surface area contributed by atoms with E-state index in [9.17, 15) is 0 Å². The lowest BCUT2D eigenvalue weighted by Gasteiger charge is -2.08. The van der Waals surface area contributed by atoms with Gasteiger partial charge in [0.05, 0.1) is 17.7 Å². The van der Waals surface area contributed by atoms with Gasteiger partial charge in [-0.3, -0.25) is 9.67 Å². The van der Waals surface area contributed by atoms with Crippen LogP contribution in [0.15, 0.2) is 36.5 Å². The molecule has 0 fully saturated rings. The molecule has 0 amide bonds. The molecular formula is C14H15N5. The third kappa shape index (κ3) is 2.40. The van der Waals surface area contributed by atoms with Crippen LogP contribution < -0.4 is 5.32 Å². The highest BCUT2D eigenvalue weighted by atomic mass is 15.4. The van der Waals surface area contributed by atoms with Crippen LogP contribution >= 0.6 is 0 Å². The number of hydrogen-bond acceptors (Lipinski definition) is 4. The number of aromatic nitrogens is 4. The number of hydrogen-bond donors (Lipinski definition) is 1. The summed E-state index contributed by atoms with van der Waals surface area (Å²) in [5.41, 5.74) is 3.94. The first kappa shape index (κ1) is 11.6. The van der Waals surface area contributed by atoms with Gasteiger partial charge in [-0.25, -0.2) is 0 Å². The molecule has 3 aromatic rings. The maximum Gasteiger partial charge on any atom is 0.102 e. The van der Waals surface area contributed by atoms with Crippen molar-refractivity contribution in [3.8, 4) is 0 Å². The third-order valence-corrected chi connectivity index (χ3v) is 2.97. The van der Waals surface area contributed by atoms with Crippen LogP contribution in [-0.2, 0) is 13.6 Å². The molecule has 2 heterocycles. The van der Waals surface area contributed by atoms with E-state index < -0.39 is 0 Å². The highest BCUT2D eigenvalue weighted by molar-refractivity contribution is 5.90. The van der Waals surface area contributed by atoms with Crippen molar-refractivity contribution in [3.63, 3.8) is 0 Å². The minimum absolute atomic E-state index is 0.641. The lowest BCUT2D eigenvalue weighted by molar-refractivity contribution is 0.713. The summed E-state index contributed by atoms with van der Waals surface area (Å²) in [4.78, 5) is 4.59. The number of benzene rings is 1. The smallest absolute Gasteiger partial charge is 0.102 e. The minimum Gasteiger partial charge on any atom is -0.377 e. The molecule has 3 rings (SSSR count). The van der Waals surface area contributed by atoms with E-state index in [-0.39, 0.29) is 0 Å². The van der Waals surface area contributed by atoms with E-state index in [1.165, 1.54) is 0 Å². The second-order valence-corrected chi connectivity index (χ2v) is 4.57. The van der Waals surface area contributed by atoms with Crippen molar-refractivity contribution in [1.82, 2.24) is 20.0 Å². The molecular weight excluding hydrogens is 238 g/mol. The quantitative estimate of drug-likeness (QED) is 0.778. The molecule has 0 saturated heterocycles. The van der Waals surface area contributed by atoms with E-state index in [1.807, 2.05) is 38.4 Å². The Bertz CT molecular complexity index is 717. The molecule has 1 N–H and O–H groups in total. The number of anilines is 1. The second-order valence-electron chi connectivity index (χ2n) is 4.57. The molecule has 0 radical (unpaired) electrons. The summed E-state index contributed by atoms with van der Waals surface area (Å²) in [7, 11) is 1.86. The van der Waals surface area contributed by atoms with Crippen LogP contribution in [0.2, 0.25) is 0 Å². The zero-order valence-corrected chi connectivity index (χ0v) is 11.0. The topological polar surface area (TPSA) is 55.6 Å². The molecule has 96 valence electrons. The minimum atomic E-state index is 0.641. The summed E-state index contributed by atoms with van der Waals surface area (Å²) in [5, 5.41) is 12.5. The van der Waals surface area contributed by atoms with Crippen LogP contribution in [0.25, 0.3) is 10.9 Å². The Morgan fingerprint density at radius 3 is 2.89 bits per heavy atom. The SMILES string of the molecule is Cc1ccc2cccc(NCc3cn(C)nn3)c2n1. The molecule has 0 unspecified atom stereocenters. The molecule has 2 aromatic heterocycles. The van der Waals surface area contributed by atoms with Crippen LogP contribution in [0, 0.1) is 6.92 Å². The van der Waals surface area contributed by atoms with E-state index in [0.717, 1.165) is 28.0 Å². The third-order valence-electron chi connectivity index (χ3n) is 2.97. The van der Waals surface area contributed by atoms with Gasteiger partial charge in [0, 0.05) is 24.3 Å². The van der Waals surface area contributed by atoms with Crippen molar-refractivity contribution < 1.29 is 0 Å². The van der Waals surface area contributed by atoms with Crippen molar-refractivity contribution in [2.45, 2.75) is 13.5 Å². The zero-order chi connectivity index (χ0) is 13.2. The average Bonchev–Trinajstić information content (AvgIpc) is 2.82. The Morgan fingerprint density at radius 1 is 1.21 bits per heavy atom. The number of rotatable bonds is 3. The molecule has 0 bridgehead atoms. The Balaban J connectivity index is 1.90. The number of pyridine rings is 1. The molecule has 0 aliphatic rings. The number of aryl methyl sites for hydroxylation is 2. The van der Waals surface area contributed by atoms with Crippen LogP contribution in [0.4, 0.5) is 5.69 Å². The van der Waals surface area contributed by atoms with E-state index in [2.05, 4.69) is 32.7 Å². The molecule has 0 spiro atoms. The van der Waals surface area contributed by atoms with Crippen molar-refractivity contribution in [2.24, 2.45) is 7.05 Å². The first-order valence-electron chi connectivity index (χ1n) is 6.18. The van der Waals surface area contributed by atoms with Crippen molar-refractivity contribution >= 4 is 16.6 Å². The molecule has 5 heteroatoms. The highest BCUT2D eigenvalue weighted by Crippen LogP contribution is 2.22. The van der Waals surface area contributed by atoms with Gasteiger partial charge in [0.1, 0.15) is 5.69 Å². The fourth-order valence-corrected chi connectivity index (χ4v) is 2.05. The molecule has 0 aliphatic heterocycles. The van der Waals surface area contributed by atoms with Crippen LogP contribution in [0.3, 0.4) is 0 Å². The van der Waals surface area contributed by atoms with Crippen molar-refractivity contribution in [1.29, 1.82) is 0 Å². The highest BCUT2D eigenvalue weighted by Gasteiger charge is 2.04. The van der Waals surface area contributed by atoms with Gasteiger partial charge in [0.15, 0.2) is 0 Å². The maximum absolute atomic E-state index is 4.59. The van der Waals surface area contributed by atoms with Crippen LogP contribution in [0.5, 0.6) is 0 Å². The van der Waals surface area contributed by atoms with Gasteiger partial charge in [-0.15, -0.1) is 5.10 Å². The van der Waals surface area contributed by atoms with Crippen molar-refractivity contribution in [2.75, 3.05) is 5.32 Å². The molecule has 0 aliphatic carbocycles. The van der Waals surface area contributed by atoms with Gasteiger partial charge >= 0.3 is 0 Å². The van der Waals surface area contributed by atoms with Crippen LogP contribution in [0.1, 0.15) is 11.4 Å². The van der Waals surface area contributed by atoms with Crippen molar-refractivity contribution in [3.05, 3.63) is 47.9 Å². The maximum atomic E-state index is 4.59. The predicted molar refractivity (Wildman–Crippen MR) is 74.8 cm³/mol. The first-order valence-corrected chi connectivity index (χ1v) is 6.18. The normalized spacial score (nSPS) is 10.8. The molecule has 5 nitrogen and oxygen atoms in total. The summed E-state index contributed by atoms with van der Waals surface area (Å²) < 4.78 is 1.70. The largest absolute Gasteiger partial charge is 0.377 e. The number of fused-ring (bicyclic) bond motifs is 1. The predicted octanol–water partition coefficient (Wildman–Crippen LogP) is 2.28. The summed E-state index contributed by atoms with van der Waals surface area (Å²) in [6.07, 6.45) is 1.90. The Morgan fingerprint density at radius 2 is 2.11 bits per heavy atom. The molecule has 0 saturated carbocycles. The van der Waals surface area contributed by atoms with Gasteiger partial charge in [-0.2, -0.15) is 0 Å². The molecule has 19 heavy (non-hydrogen) atoms. The van der Waals surface area contributed by atoms with Crippen LogP contribution in [-0.4, -0.2) is 20.0 Å². The standard InChI is InChI=1S/C14H15N5/c1-10-6-7-11-4-3-5-13(14(11)16-10)15-8-12-9-19(2)18-17-12/h3-7,9,15H,8H2,1-2H3. The van der Waals surface area contributed by atoms with E-state index in [0.29, 0.717) is 6.54 Å². The Kier molecular flexibility index (Phi) is 2.87. The van der Waals surface area contributed by atoms with E-state index in [4.69, 9.17) is 0 Å². The van der Waals surface area contributed by atoms with E-state index in [1.54, 1.807) is 4.68 Å². The fourth-order valence-electron chi connectivity index (χ4n) is 2.05. The van der Waals surface area contributed by atoms with E-state index >= 15 is 0 Å². The van der Waals surface area contributed by atoms with Gasteiger partial charge in [-0.1, -0.05) is 23.4 Å². The number of nitrogens with zero attached hydrogens (tertiary/aromatic N) is 4. The lowest BCUT2D eigenvalue weighted by atomic mass is 10.1. The summed E-state index contributed by atoms with van der Waals surface area (Å²) in [5.74, 6) is 0. The lowest BCUT2D eigenvalue weighted by Crippen LogP contribution is -2.01. The Labute approximate surface area is 111 Å².